The van der Waals surface area contributed by atoms with Gasteiger partial charge in [0.2, 0.25) is 10.0 Å². The van der Waals surface area contributed by atoms with Crippen molar-refractivity contribution in [3.05, 3.63) is 24.3 Å². The van der Waals surface area contributed by atoms with Crippen LogP contribution in [0.25, 0.3) is 0 Å². The topological polar surface area (TPSA) is 84.2 Å². The summed E-state index contributed by atoms with van der Waals surface area (Å²) in [6, 6.07) is 7.27. The molecule has 6 heteroatoms. The fraction of sp³-hybridized carbons (Fsp3) is 0.455. The summed E-state index contributed by atoms with van der Waals surface area (Å²) in [6.45, 7) is 4.12. The van der Waals surface area contributed by atoms with Crippen LogP contribution < -0.4 is 15.8 Å². The molecule has 0 bridgehead atoms. The van der Waals surface area contributed by atoms with Gasteiger partial charge in [-0.25, -0.2) is 8.42 Å². The van der Waals surface area contributed by atoms with Crippen molar-refractivity contribution in [2.45, 2.75) is 19.9 Å². The highest BCUT2D eigenvalue weighted by atomic mass is 32.2. The summed E-state index contributed by atoms with van der Waals surface area (Å²) >= 11 is 0. The van der Waals surface area contributed by atoms with E-state index in [-0.39, 0.29) is 11.8 Å². The molecule has 17 heavy (non-hydrogen) atoms. The van der Waals surface area contributed by atoms with Gasteiger partial charge in [-0.3, -0.25) is 4.72 Å². The van der Waals surface area contributed by atoms with Gasteiger partial charge >= 0.3 is 0 Å². The SMILES string of the molecule is CCS(=O)(=O)Nc1ccc(NC(C)CN)cc1. The summed E-state index contributed by atoms with van der Waals surface area (Å²) in [4.78, 5) is 0. The number of hydrogen-bond donors (Lipinski definition) is 3. The maximum atomic E-state index is 11.3. The van der Waals surface area contributed by atoms with Gasteiger partial charge in [0, 0.05) is 24.0 Å². The molecule has 0 spiro atoms. The van der Waals surface area contributed by atoms with Gasteiger partial charge in [-0.15, -0.1) is 0 Å². The first-order valence-electron chi connectivity index (χ1n) is 5.54. The van der Waals surface area contributed by atoms with Gasteiger partial charge in [0.15, 0.2) is 0 Å². The van der Waals surface area contributed by atoms with E-state index in [1.807, 2.05) is 19.1 Å². The molecule has 0 amide bonds. The summed E-state index contributed by atoms with van der Waals surface area (Å²) in [5.41, 5.74) is 6.98. The highest BCUT2D eigenvalue weighted by Gasteiger charge is 2.06. The Morgan fingerprint density at radius 3 is 2.24 bits per heavy atom. The Morgan fingerprint density at radius 2 is 1.76 bits per heavy atom. The van der Waals surface area contributed by atoms with Crippen LogP contribution >= 0.6 is 0 Å². The van der Waals surface area contributed by atoms with E-state index in [0.29, 0.717) is 12.2 Å². The number of benzene rings is 1. The quantitative estimate of drug-likeness (QED) is 0.715. The molecule has 0 saturated heterocycles. The number of sulfonamides is 1. The second kappa shape index (κ2) is 5.88. The Morgan fingerprint density at radius 1 is 1.24 bits per heavy atom. The molecule has 0 radical (unpaired) electrons. The zero-order chi connectivity index (χ0) is 12.9. The Kier molecular flexibility index (Phi) is 4.77. The maximum Gasteiger partial charge on any atom is 0.232 e. The average molecular weight is 257 g/mol. The standard InChI is InChI=1S/C11H19N3O2S/c1-3-17(15,16)14-11-6-4-10(5-7-11)13-9(2)8-12/h4-7,9,13-14H,3,8,12H2,1-2H3. The summed E-state index contributed by atoms with van der Waals surface area (Å²) in [6.07, 6.45) is 0. The van der Waals surface area contributed by atoms with Crippen LogP contribution in [0.1, 0.15) is 13.8 Å². The number of anilines is 2. The minimum absolute atomic E-state index is 0.0667. The van der Waals surface area contributed by atoms with Gasteiger partial charge in [0.1, 0.15) is 0 Å². The molecule has 1 aromatic carbocycles. The van der Waals surface area contributed by atoms with E-state index in [4.69, 9.17) is 5.73 Å². The van der Waals surface area contributed by atoms with Crippen molar-refractivity contribution >= 4 is 21.4 Å². The molecule has 1 aromatic rings. The largest absolute Gasteiger partial charge is 0.381 e. The molecule has 0 fully saturated rings. The van der Waals surface area contributed by atoms with Crippen molar-refractivity contribution < 1.29 is 8.42 Å². The Balaban J connectivity index is 2.68. The smallest absolute Gasteiger partial charge is 0.232 e. The van der Waals surface area contributed by atoms with E-state index < -0.39 is 10.0 Å². The van der Waals surface area contributed by atoms with Crippen molar-refractivity contribution in [1.82, 2.24) is 0 Å². The highest BCUT2D eigenvalue weighted by molar-refractivity contribution is 7.92. The molecule has 0 aliphatic carbocycles. The minimum atomic E-state index is -3.20. The van der Waals surface area contributed by atoms with E-state index in [0.717, 1.165) is 5.69 Å². The van der Waals surface area contributed by atoms with E-state index in [1.54, 1.807) is 19.1 Å². The lowest BCUT2D eigenvalue weighted by Crippen LogP contribution is -2.25. The molecule has 4 N–H and O–H groups in total. The average Bonchev–Trinajstić information content (AvgIpc) is 2.31. The highest BCUT2D eigenvalue weighted by Crippen LogP contribution is 2.15. The zero-order valence-electron chi connectivity index (χ0n) is 10.1. The molecule has 0 heterocycles. The van der Waals surface area contributed by atoms with Crippen LogP contribution in [0.3, 0.4) is 0 Å². The van der Waals surface area contributed by atoms with Crippen LogP contribution in [-0.4, -0.2) is 26.8 Å². The third-order valence-corrected chi connectivity index (χ3v) is 3.61. The van der Waals surface area contributed by atoms with Crippen LogP contribution in [0.2, 0.25) is 0 Å². The molecule has 96 valence electrons. The molecular formula is C11H19N3O2S. The number of rotatable bonds is 6. The molecule has 0 saturated carbocycles. The van der Waals surface area contributed by atoms with E-state index >= 15 is 0 Å². The molecule has 0 aromatic heterocycles. The van der Waals surface area contributed by atoms with Crippen LogP contribution in [0.5, 0.6) is 0 Å². The second-order valence-electron chi connectivity index (χ2n) is 3.86. The van der Waals surface area contributed by atoms with Gasteiger partial charge in [0.05, 0.1) is 5.75 Å². The van der Waals surface area contributed by atoms with Crippen LogP contribution in [0.4, 0.5) is 11.4 Å². The summed E-state index contributed by atoms with van der Waals surface area (Å²) in [7, 11) is -3.20. The molecule has 1 atom stereocenters. The van der Waals surface area contributed by atoms with E-state index in [9.17, 15) is 8.42 Å². The van der Waals surface area contributed by atoms with Crippen molar-refractivity contribution in [2.75, 3.05) is 22.3 Å². The second-order valence-corrected chi connectivity index (χ2v) is 5.87. The number of hydrogen-bond acceptors (Lipinski definition) is 4. The lowest BCUT2D eigenvalue weighted by molar-refractivity contribution is 0.602. The predicted octanol–water partition coefficient (Wildman–Crippen LogP) is 1.21. The van der Waals surface area contributed by atoms with Crippen LogP contribution in [-0.2, 0) is 10.0 Å². The molecule has 0 aliphatic rings. The summed E-state index contributed by atoms with van der Waals surface area (Å²) in [5, 5.41) is 3.19. The summed E-state index contributed by atoms with van der Waals surface area (Å²) < 4.78 is 25.2. The first-order valence-corrected chi connectivity index (χ1v) is 7.19. The molecule has 5 nitrogen and oxygen atoms in total. The van der Waals surface area contributed by atoms with Crippen molar-refractivity contribution in [3.63, 3.8) is 0 Å². The van der Waals surface area contributed by atoms with E-state index in [1.165, 1.54) is 0 Å². The first kappa shape index (κ1) is 13.8. The van der Waals surface area contributed by atoms with Gasteiger partial charge in [0.25, 0.3) is 0 Å². The molecule has 1 rings (SSSR count). The van der Waals surface area contributed by atoms with Crippen LogP contribution in [0, 0.1) is 0 Å². The van der Waals surface area contributed by atoms with Gasteiger partial charge < -0.3 is 11.1 Å². The molecular weight excluding hydrogens is 238 g/mol. The maximum absolute atomic E-state index is 11.3. The third kappa shape index (κ3) is 4.62. The van der Waals surface area contributed by atoms with Crippen LogP contribution in [0.15, 0.2) is 24.3 Å². The lowest BCUT2D eigenvalue weighted by Gasteiger charge is -2.13. The normalized spacial score (nSPS) is 13.1. The third-order valence-electron chi connectivity index (χ3n) is 2.30. The minimum Gasteiger partial charge on any atom is -0.381 e. The zero-order valence-corrected chi connectivity index (χ0v) is 10.9. The summed E-state index contributed by atoms with van der Waals surface area (Å²) in [5.74, 6) is 0.0667. The first-order chi connectivity index (χ1) is 7.96. The van der Waals surface area contributed by atoms with Gasteiger partial charge in [-0.1, -0.05) is 0 Å². The number of nitrogens with two attached hydrogens (primary N) is 1. The Labute approximate surface area is 102 Å². The van der Waals surface area contributed by atoms with Crippen molar-refractivity contribution in [1.29, 1.82) is 0 Å². The molecule has 1 unspecified atom stereocenters. The number of nitrogens with one attached hydrogen (secondary N) is 2. The predicted molar refractivity (Wildman–Crippen MR) is 71.7 cm³/mol. The molecule has 0 aliphatic heterocycles. The van der Waals surface area contributed by atoms with Gasteiger partial charge in [-0.2, -0.15) is 0 Å². The van der Waals surface area contributed by atoms with Crippen molar-refractivity contribution in [2.24, 2.45) is 5.73 Å². The fourth-order valence-electron chi connectivity index (χ4n) is 1.23. The fourth-order valence-corrected chi connectivity index (χ4v) is 1.87. The van der Waals surface area contributed by atoms with Crippen molar-refractivity contribution in [3.8, 4) is 0 Å². The lowest BCUT2D eigenvalue weighted by atomic mass is 10.2. The monoisotopic (exact) mass is 257 g/mol. The Bertz CT molecular complexity index is 442. The Hall–Kier alpha value is -1.27. The van der Waals surface area contributed by atoms with E-state index in [2.05, 4.69) is 10.0 Å². The van der Waals surface area contributed by atoms with Gasteiger partial charge in [-0.05, 0) is 38.1 Å².